The zero-order valence-electron chi connectivity index (χ0n) is 20.7. The molecule has 0 saturated heterocycles. The monoisotopic (exact) mass is 483 g/mol. The molecule has 2 aromatic carbocycles. The van der Waals surface area contributed by atoms with Crippen LogP contribution >= 0.6 is 0 Å². The van der Waals surface area contributed by atoms with Crippen molar-refractivity contribution in [2.45, 2.75) is 19.9 Å². The van der Waals surface area contributed by atoms with E-state index in [4.69, 9.17) is 10.7 Å². The van der Waals surface area contributed by atoms with Gasteiger partial charge in [0.1, 0.15) is 22.9 Å². The van der Waals surface area contributed by atoms with Crippen LogP contribution in [-0.4, -0.2) is 40.3 Å². The van der Waals surface area contributed by atoms with Gasteiger partial charge < -0.3 is 21.3 Å². The SMILES string of the molecule is C=CC(=O)N[C@@H](C)c1nc(-c2cccc(C(=O)Nc3ccc(N(C)C)c(C)c3)c2)c2c(N)nccn12. The van der Waals surface area contributed by atoms with Crippen LogP contribution < -0.4 is 21.3 Å². The summed E-state index contributed by atoms with van der Waals surface area (Å²) < 4.78 is 1.80. The van der Waals surface area contributed by atoms with Crippen LogP contribution in [-0.2, 0) is 4.79 Å². The van der Waals surface area contributed by atoms with Crippen molar-refractivity contribution in [2.75, 3.05) is 30.0 Å². The number of nitrogens with zero attached hydrogens (tertiary/aromatic N) is 4. The van der Waals surface area contributed by atoms with E-state index in [1.807, 2.05) is 57.1 Å². The molecule has 0 spiro atoms. The number of aryl methyl sites for hydroxylation is 1. The van der Waals surface area contributed by atoms with Gasteiger partial charge in [0, 0.05) is 49.0 Å². The average Bonchev–Trinajstić information content (AvgIpc) is 3.25. The fraction of sp³-hybridized carbons (Fsp3) is 0.185. The van der Waals surface area contributed by atoms with Gasteiger partial charge in [-0.3, -0.25) is 14.0 Å². The van der Waals surface area contributed by atoms with E-state index in [1.54, 1.807) is 35.0 Å². The molecule has 9 heteroatoms. The van der Waals surface area contributed by atoms with Crippen molar-refractivity contribution in [1.82, 2.24) is 19.7 Å². The number of fused-ring (bicyclic) bond motifs is 1. The van der Waals surface area contributed by atoms with Crippen LogP contribution in [0, 0.1) is 6.92 Å². The first kappa shape index (κ1) is 24.5. The number of anilines is 3. The van der Waals surface area contributed by atoms with Gasteiger partial charge in [-0.25, -0.2) is 9.97 Å². The van der Waals surface area contributed by atoms with E-state index in [9.17, 15) is 9.59 Å². The van der Waals surface area contributed by atoms with Crippen molar-refractivity contribution in [3.8, 4) is 11.3 Å². The van der Waals surface area contributed by atoms with Crippen molar-refractivity contribution < 1.29 is 9.59 Å². The number of amides is 2. The maximum Gasteiger partial charge on any atom is 0.255 e. The van der Waals surface area contributed by atoms with Gasteiger partial charge in [-0.05, 0) is 55.8 Å². The van der Waals surface area contributed by atoms with E-state index >= 15 is 0 Å². The summed E-state index contributed by atoms with van der Waals surface area (Å²) >= 11 is 0. The second-order valence-corrected chi connectivity index (χ2v) is 8.71. The first-order valence-corrected chi connectivity index (χ1v) is 11.4. The molecule has 4 N–H and O–H groups in total. The Bertz CT molecular complexity index is 1470. The predicted molar refractivity (Wildman–Crippen MR) is 143 cm³/mol. The second-order valence-electron chi connectivity index (χ2n) is 8.71. The number of nitrogens with two attached hydrogens (primary N) is 1. The lowest BCUT2D eigenvalue weighted by atomic mass is 10.1. The first-order chi connectivity index (χ1) is 17.2. The standard InChI is InChI=1S/C27H29N7O2/c1-6-22(35)30-17(3)26-32-23(24-25(28)29-12-13-34(24)26)18-8-7-9-19(15-18)27(36)31-20-10-11-21(33(4)5)16(2)14-20/h6-15,17H,1H2,2-5H3,(H2,28,29)(H,30,35)(H,31,36)/t17-/m0/s1. The number of nitrogen functional groups attached to an aromatic ring is 1. The number of nitrogens with one attached hydrogen (secondary N) is 2. The van der Waals surface area contributed by atoms with Crippen molar-refractivity contribution in [1.29, 1.82) is 0 Å². The lowest BCUT2D eigenvalue weighted by Gasteiger charge is -2.16. The third-order valence-electron chi connectivity index (χ3n) is 5.88. The first-order valence-electron chi connectivity index (χ1n) is 11.4. The molecule has 36 heavy (non-hydrogen) atoms. The third kappa shape index (κ3) is 4.76. The number of benzene rings is 2. The molecule has 0 aliphatic heterocycles. The summed E-state index contributed by atoms with van der Waals surface area (Å²) in [5.74, 6) is 0.320. The summed E-state index contributed by atoms with van der Waals surface area (Å²) in [6.07, 6.45) is 4.53. The number of carbonyl (C=O) groups excluding carboxylic acids is 2. The third-order valence-corrected chi connectivity index (χ3v) is 5.88. The van der Waals surface area contributed by atoms with Gasteiger partial charge in [0.05, 0.1) is 6.04 Å². The Morgan fingerprint density at radius 3 is 2.67 bits per heavy atom. The van der Waals surface area contributed by atoms with Crippen LogP contribution in [0.25, 0.3) is 16.8 Å². The fourth-order valence-corrected chi connectivity index (χ4v) is 4.18. The normalized spacial score (nSPS) is 11.7. The Morgan fingerprint density at radius 2 is 1.97 bits per heavy atom. The average molecular weight is 484 g/mol. The number of imidazole rings is 1. The van der Waals surface area contributed by atoms with Gasteiger partial charge in [0.25, 0.3) is 5.91 Å². The molecular formula is C27H29N7O2. The van der Waals surface area contributed by atoms with Gasteiger partial charge in [-0.2, -0.15) is 0 Å². The van der Waals surface area contributed by atoms with E-state index in [2.05, 4.69) is 22.2 Å². The molecule has 184 valence electrons. The number of rotatable bonds is 7. The highest BCUT2D eigenvalue weighted by atomic mass is 16.2. The Kier molecular flexibility index (Phi) is 6.73. The topological polar surface area (TPSA) is 118 Å². The maximum absolute atomic E-state index is 13.1. The van der Waals surface area contributed by atoms with Gasteiger partial charge in [-0.15, -0.1) is 0 Å². The van der Waals surface area contributed by atoms with Crippen LogP contribution in [0.1, 0.15) is 34.7 Å². The van der Waals surface area contributed by atoms with Gasteiger partial charge >= 0.3 is 0 Å². The number of aromatic nitrogens is 3. The van der Waals surface area contributed by atoms with Crippen molar-refractivity contribution in [2.24, 2.45) is 0 Å². The molecule has 0 fully saturated rings. The quantitative estimate of drug-likeness (QED) is 0.343. The summed E-state index contributed by atoms with van der Waals surface area (Å²) in [6.45, 7) is 7.33. The zero-order valence-corrected chi connectivity index (χ0v) is 20.7. The van der Waals surface area contributed by atoms with Gasteiger partial charge in [0.2, 0.25) is 5.91 Å². The van der Waals surface area contributed by atoms with Crippen LogP contribution in [0.3, 0.4) is 0 Å². The Balaban J connectivity index is 1.69. The minimum atomic E-state index is -0.418. The Labute approximate surface area is 209 Å². The van der Waals surface area contributed by atoms with E-state index in [0.717, 1.165) is 11.3 Å². The lowest BCUT2D eigenvalue weighted by molar-refractivity contribution is -0.117. The molecule has 4 aromatic rings. The molecular weight excluding hydrogens is 454 g/mol. The predicted octanol–water partition coefficient (Wildman–Crippen LogP) is 3.97. The summed E-state index contributed by atoms with van der Waals surface area (Å²) in [6, 6.07) is 12.5. The van der Waals surface area contributed by atoms with Gasteiger partial charge in [0.15, 0.2) is 0 Å². The fourth-order valence-electron chi connectivity index (χ4n) is 4.18. The Hall–Kier alpha value is -4.66. The van der Waals surface area contributed by atoms with E-state index in [1.165, 1.54) is 6.08 Å². The largest absolute Gasteiger partial charge is 0.382 e. The summed E-state index contributed by atoms with van der Waals surface area (Å²) in [4.78, 5) is 36.0. The molecule has 0 unspecified atom stereocenters. The highest BCUT2D eigenvalue weighted by molar-refractivity contribution is 6.05. The molecule has 2 amide bonds. The molecule has 0 radical (unpaired) electrons. The molecule has 4 rings (SSSR count). The van der Waals surface area contributed by atoms with E-state index in [-0.39, 0.29) is 11.8 Å². The minimum Gasteiger partial charge on any atom is -0.382 e. The smallest absolute Gasteiger partial charge is 0.255 e. The van der Waals surface area contributed by atoms with Crippen LogP contribution in [0.2, 0.25) is 0 Å². The highest BCUT2D eigenvalue weighted by Gasteiger charge is 2.21. The Morgan fingerprint density at radius 1 is 1.19 bits per heavy atom. The van der Waals surface area contributed by atoms with E-state index < -0.39 is 6.04 Å². The molecule has 9 nitrogen and oxygen atoms in total. The molecule has 2 heterocycles. The molecule has 0 saturated carbocycles. The summed E-state index contributed by atoms with van der Waals surface area (Å²) in [5, 5.41) is 5.79. The second kappa shape index (κ2) is 9.91. The lowest BCUT2D eigenvalue weighted by Crippen LogP contribution is -2.26. The molecule has 0 aliphatic rings. The molecule has 1 atom stereocenters. The van der Waals surface area contributed by atoms with Crippen molar-refractivity contribution in [3.63, 3.8) is 0 Å². The van der Waals surface area contributed by atoms with Crippen LogP contribution in [0.5, 0.6) is 0 Å². The number of hydrogen-bond donors (Lipinski definition) is 3. The number of hydrogen-bond acceptors (Lipinski definition) is 6. The molecule has 0 aliphatic carbocycles. The van der Waals surface area contributed by atoms with E-state index in [0.29, 0.717) is 39.7 Å². The zero-order chi connectivity index (χ0) is 26.0. The molecule has 2 aromatic heterocycles. The van der Waals surface area contributed by atoms with Crippen molar-refractivity contribution >= 4 is 34.5 Å². The minimum absolute atomic E-state index is 0.240. The summed E-state index contributed by atoms with van der Waals surface area (Å²) in [7, 11) is 3.96. The van der Waals surface area contributed by atoms with Crippen LogP contribution in [0.4, 0.5) is 17.2 Å². The van der Waals surface area contributed by atoms with Crippen molar-refractivity contribution in [3.05, 3.63) is 84.5 Å². The van der Waals surface area contributed by atoms with Gasteiger partial charge in [-0.1, -0.05) is 18.7 Å². The maximum atomic E-state index is 13.1. The summed E-state index contributed by atoms with van der Waals surface area (Å²) in [5.41, 5.74) is 11.4. The highest BCUT2D eigenvalue weighted by Crippen LogP contribution is 2.31. The van der Waals surface area contributed by atoms with Crippen LogP contribution in [0.15, 0.2) is 67.5 Å². The number of carbonyl (C=O) groups is 2. The molecule has 0 bridgehead atoms.